The summed E-state index contributed by atoms with van der Waals surface area (Å²) >= 11 is 6.07. The summed E-state index contributed by atoms with van der Waals surface area (Å²) in [5.41, 5.74) is 1.32. The number of nitrogens with zero attached hydrogens (tertiary/aromatic N) is 4. The van der Waals surface area contributed by atoms with Crippen LogP contribution in [0.1, 0.15) is 13.8 Å². The van der Waals surface area contributed by atoms with Crippen molar-refractivity contribution < 1.29 is 9.53 Å². The molecule has 0 bridgehead atoms. The molecule has 0 radical (unpaired) electrons. The van der Waals surface area contributed by atoms with Gasteiger partial charge in [-0.15, -0.1) is 0 Å². The molecule has 1 saturated heterocycles. The molecule has 128 valence electrons. The number of nitrogens with one attached hydrogen (secondary N) is 1. The highest BCUT2D eigenvalue weighted by Crippen LogP contribution is 2.24. The zero-order valence-electron chi connectivity index (χ0n) is 13.6. The molecule has 24 heavy (non-hydrogen) atoms. The summed E-state index contributed by atoms with van der Waals surface area (Å²) in [5, 5.41) is 7.57. The minimum absolute atomic E-state index is 0.0973. The van der Waals surface area contributed by atoms with Gasteiger partial charge >= 0.3 is 0 Å². The van der Waals surface area contributed by atoms with Crippen molar-refractivity contribution in [2.75, 3.05) is 25.0 Å². The van der Waals surface area contributed by atoms with Crippen molar-refractivity contribution >= 4 is 23.2 Å². The quantitative estimate of drug-likeness (QED) is 0.913. The van der Waals surface area contributed by atoms with E-state index in [2.05, 4.69) is 20.3 Å². The summed E-state index contributed by atoms with van der Waals surface area (Å²) in [7, 11) is 0. The first kappa shape index (κ1) is 16.9. The van der Waals surface area contributed by atoms with Crippen LogP contribution >= 0.6 is 11.6 Å². The molecule has 1 aromatic heterocycles. The molecule has 1 amide bonds. The Morgan fingerprint density at radius 1 is 1.38 bits per heavy atom. The SMILES string of the molecule is C[C@@H]1CN(CC(=O)Nc2cc(Cl)ccc2-n2cncn2)C[C@@H](C)O1. The molecular formula is C16H20ClN5O2. The summed E-state index contributed by atoms with van der Waals surface area (Å²) in [4.78, 5) is 18.5. The topological polar surface area (TPSA) is 72.3 Å². The number of benzene rings is 1. The first-order valence-electron chi connectivity index (χ1n) is 7.83. The number of aromatic nitrogens is 3. The number of hydrogen-bond acceptors (Lipinski definition) is 5. The fourth-order valence-corrected chi connectivity index (χ4v) is 3.12. The Labute approximate surface area is 145 Å². The molecule has 2 aromatic rings. The van der Waals surface area contributed by atoms with Gasteiger partial charge in [-0.25, -0.2) is 9.67 Å². The summed E-state index contributed by atoms with van der Waals surface area (Å²) in [6, 6.07) is 5.26. The predicted octanol–water partition coefficient (Wildman–Crippen LogP) is 1.97. The van der Waals surface area contributed by atoms with Crippen molar-refractivity contribution in [1.29, 1.82) is 0 Å². The fraction of sp³-hybridized carbons (Fsp3) is 0.438. The van der Waals surface area contributed by atoms with Gasteiger partial charge in [0.1, 0.15) is 12.7 Å². The van der Waals surface area contributed by atoms with E-state index in [4.69, 9.17) is 16.3 Å². The Balaban J connectivity index is 1.71. The average molecular weight is 350 g/mol. The normalized spacial score (nSPS) is 21.6. The van der Waals surface area contributed by atoms with Crippen molar-refractivity contribution in [3.05, 3.63) is 35.9 Å². The highest BCUT2D eigenvalue weighted by Gasteiger charge is 2.24. The lowest BCUT2D eigenvalue weighted by atomic mass is 10.2. The summed E-state index contributed by atoms with van der Waals surface area (Å²) in [6.07, 6.45) is 3.26. The van der Waals surface area contributed by atoms with Crippen molar-refractivity contribution in [3.63, 3.8) is 0 Å². The van der Waals surface area contributed by atoms with E-state index in [-0.39, 0.29) is 18.1 Å². The van der Waals surface area contributed by atoms with Crippen molar-refractivity contribution in [2.24, 2.45) is 0 Å². The molecule has 0 spiro atoms. The molecule has 2 atom stereocenters. The van der Waals surface area contributed by atoms with E-state index < -0.39 is 0 Å². The maximum Gasteiger partial charge on any atom is 0.238 e. The van der Waals surface area contributed by atoms with Crippen molar-refractivity contribution in [2.45, 2.75) is 26.1 Å². The molecule has 7 nitrogen and oxygen atoms in total. The van der Waals surface area contributed by atoms with Crippen LogP contribution in [0, 0.1) is 0 Å². The molecule has 0 saturated carbocycles. The molecule has 0 unspecified atom stereocenters. The number of anilines is 1. The lowest BCUT2D eigenvalue weighted by Crippen LogP contribution is -2.48. The number of hydrogen-bond donors (Lipinski definition) is 1. The smallest absolute Gasteiger partial charge is 0.238 e. The second kappa shape index (κ2) is 7.29. The van der Waals surface area contributed by atoms with Crippen LogP contribution in [0.5, 0.6) is 0 Å². The van der Waals surface area contributed by atoms with E-state index in [1.54, 1.807) is 29.2 Å². The van der Waals surface area contributed by atoms with Crippen LogP contribution in [0.3, 0.4) is 0 Å². The zero-order valence-corrected chi connectivity index (χ0v) is 14.4. The molecule has 8 heteroatoms. The summed E-state index contributed by atoms with van der Waals surface area (Å²) < 4.78 is 7.28. The fourth-order valence-electron chi connectivity index (χ4n) is 2.95. The van der Waals surface area contributed by atoms with E-state index in [0.29, 0.717) is 22.9 Å². The van der Waals surface area contributed by atoms with Crippen LogP contribution in [0.15, 0.2) is 30.9 Å². The monoisotopic (exact) mass is 349 g/mol. The second-order valence-corrected chi connectivity index (χ2v) is 6.44. The number of amides is 1. The highest BCUT2D eigenvalue weighted by molar-refractivity contribution is 6.31. The van der Waals surface area contributed by atoms with E-state index in [0.717, 1.165) is 13.1 Å². The van der Waals surface area contributed by atoms with Gasteiger partial charge in [-0.3, -0.25) is 9.69 Å². The molecule has 1 aliphatic rings. The van der Waals surface area contributed by atoms with Gasteiger partial charge in [-0.05, 0) is 32.0 Å². The van der Waals surface area contributed by atoms with Gasteiger partial charge in [-0.1, -0.05) is 11.6 Å². The first-order valence-corrected chi connectivity index (χ1v) is 8.21. The molecule has 1 fully saturated rings. The molecule has 1 aliphatic heterocycles. The minimum Gasteiger partial charge on any atom is -0.373 e. The van der Waals surface area contributed by atoms with Crippen molar-refractivity contribution in [1.82, 2.24) is 19.7 Å². The molecule has 1 aromatic carbocycles. The maximum absolute atomic E-state index is 12.4. The third kappa shape index (κ3) is 4.11. The average Bonchev–Trinajstić information content (AvgIpc) is 3.00. The van der Waals surface area contributed by atoms with Crippen LogP contribution in [0.2, 0.25) is 5.02 Å². The number of carbonyl (C=O) groups is 1. The Morgan fingerprint density at radius 2 is 2.12 bits per heavy atom. The third-order valence-corrected chi connectivity index (χ3v) is 4.00. The van der Waals surface area contributed by atoms with Crippen LogP contribution in [0.25, 0.3) is 5.69 Å². The molecular weight excluding hydrogens is 330 g/mol. The number of ether oxygens (including phenoxy) is 1. The summed E-state index contributed by atoms with van der Waals surface area (Å²) in [6.45, 7) is 5.81. The first-order chi connectivity index (χ1) is 11.5. The Morgan fingerprint density at radius 3 is 2.79 bits per heavy atom. The van der Waals surface area contributed by atoms with Crippen LogP contribution in [-0.2, 0) is 9.53 Å². The van der Waals surface area contributed by atoms with Gasteiger partial charge in [-0.2, -0.15) is 5.10 Å². The van der Waals surface area contributed by atoms with Crippen LogP contribution in [-0.4, -0.2) is 57.4 Å². The third-order valence-electron chi connectivity index (χ3n) is 3.76. The van der Waals surface area contributed by atoms with Gasteiger partial charge in [0.2, 0.25) is 5.91 Å². The Hall–Kier alpha value is -1.96. The number of rotatable bonds is 4. The van der Waals surface area contributed by atoms with Gasteiger partial charge < -0.3 is 10.1 Å². The summed E-state index contributed by atoms with van der Waals surface area (Å²) in [5.74, 6) is -0.0973. The maximum atomic E-state index is 12.4. The highest BCUT2D eigenvalue weighted by atomic mass is 35.5. The lowest BCUT2D eigenvalue weighted by Gasteiger charge is -2.34. The van der Waals surface area contributed by atoms with Gasteiger partial charge in [0.15, 0.2) is 0 Å². The van der Waals surface area contributed by atoms with E-state index in [1.807, 2.05) is 13.8 Å². The van der Waals surface area contributed by atoms with E-state index >= 15 is 0 Å². The predicted molar refractivity (Wildman–Crippen MR) is 91.4 cm³/mol. The van der Waals surface area contributed by atoms with Gasteiger partial charge in [0, 0.05) is 18.1 Å². The van der Waals surface area contributed by atoms with E-state index in [9.17, 15) is 4.79 Å². The van der Waals surface area contributed by atoms with E-state index in [1.165, 1.54) is 6.33 Å². The standard InChI is InChI=1S/C16H20ClN5O2/c1-11-6-21(7-12(2)24-11)8-16(23)20-14-5-13(17)3-4-15(14)22-10-18-9-19-22/h3-5,9-12H,6-8H2,1-2H3,(H,20,23)/t11-,12-/m1/s1. The number of halogens is 1. The van der Waals surface area contributed by atoms with Crippen molar-refractivity contribution in [3.8, 4) is 5.69 Å². The van der Waals surface area contributed by atoms with Crippen LogP contribution < -0.4 is 5.32 Å². The van der Waals surface area contributed by atoms with Gasteiger partial charge in [0.05, 0.1) is 30.1 Å². The molecule has 2 heterocycles. The largest absolute Gasteiger partial charge is 0.373 e. The Bertz CT molecular complexity index is 696. The number of carbonyl (C=O) groups excluding carboxylic acids is 1. The molecule has 0 aliphatic carbocycles. The number of morpholine rings is 1. The molecule has 3 rings (SSSR count). The Kier molecular flexibility index (Phi) is 5.13. The lowest BCUT2D eigenvalue weighted by molar-refractivity contribution is -0.121. The van der Waals surface area contributed by atoms with Gasteiger partial charge in [0.25, 0.3) is 0 Å². The minimum atomic E-state index is -0.0973. The zero-order chi connectivity index (χ0) is 17.1. The molecule has 1 N–H and O–H groups in total. The van der Waals surface area contributed by atoms with Crippen LogP contribution in [0.4, 0.5) is 5.69 Å². The second-order valence-electron chi connectivity index (χ2n) is 6.00.